The molecule has 0 aromatic carbocycles. The Morgan fingerprint density at radius 3 is 2.25 bits per heavy atom. The molecule has 0 unspecified atom stereocenters. The number of hydrogen-bond donors (Lipinski definition) is 1. The molecular formula is C14H23NO3S2. The average Bonchev–Trinajstić information content (AvgIpc) is 3.03. The van der Waals surface area contributed by atoms with Crippen molar-refractivity contribution in [2.24, 2.45) is 0 Å². The van der Waals surface area contributed by atoms with Crippen LogP contribution in [0.1, 0.15) is 30.6 Å². The van der Waals surface area contributed by atoms with Crippen LogP contribution in [0.4, 0.5) is 0 Å². The molecule has 1 aromatic heterocycles. The van der Waals surface area contributed by atoms with E-state index in [-0.39, 0.29) is 0 Å². The smallest absolute Gasteiger partial charge is 0.168 e. The molecule has 1 N–H and O–H groups in total. The highest BCUT2D eigenvalue weighted by Crippen LogP contribution is 2.51. The lowest BCUT2D eigenvalue weighted by molar-refractivity contribution is -0.203. The van der Waals surface area contributed by atoms with E-state index in [2.05, 4.69) is 23.8 Å². The topological polar surface area (TPSA) is 51.6 Å². The lowest BCUT2D eigenvalue weighted by Crippen LogP contribution is -2.41. The highest BCUT2D eigenvalue weighted by atomic mass is 32.3. The van der Waals surface area contributed by atoms with E-state index in [0.717, 1.165) is 22.1 Å². The van der Waals surface area contributed by atoms with Crippen LogP contribution in [0.2, 0.25) is 0 Å². The van der Waals surface area contributed by atoms with Crippen LogP contribution in [-0.2, 0) is 15.1 Å². The summed E-state index contributed by atoms with van der Waals surface area (Å²) < 4.78 is 12.6. The fourth-order valence-electron chi connectivity index (χ4n) is 2.83. The molecular weight excluding hydrogens is 294 g/mol. The number of ether oxygens (including phenoxy) is 2. The van der Waals surface area contributed by atoms with Gasteiger partial charge in [0.2, 0.25) is 0 Å². The molecule has 2 fully saturated rings. The summed E-state index contributed by atoms with van der Waals surface area (Å²) >= 11 is 1.67. The van der Waals surface area contributed by atoms with E-state index in [0.29, 0.717) is 26.1 Å². The van der Waals surface area contributed by atoms with Gasteiger partial charge in [-0.3, -0.25) is 0 Å². The second-order valence-corrected chi connectivity index (χ2v) is 11.8. The zero-order valence-corrected chi connectivity index (χ0v) is 14.0. The average molecular weight is 317 g/mol. The van der Waals surface area contributed by atoms with Crippen molar-refractivity contribution >= 4 is 21.4 Å². The largest absolute Gasteiger partial charge is 0.384 e. The van der Waals surface area contributed by atoms with Gasteiger partial charge >= 0.3 is 0 Å². The van der Waals surface area contributed by atoms with Crippen LogP contribution in [0.3, 0.4) is 0 Å². The van der Waals surface area contributed by atoms with Crippen LogP contribution in [0.5, 0.6) is 0 Å². The van der Waals surface area contributed by atoms with Crippen molar-refractivity contribution in [1.29, 1.82) is 0 Å². The van der Waals surface area contributed by atoms with Gasteiger partial charge in [-0.2, -0.15) is 10.0 Å². The maximum absolute atomic E-state index is 10.9. The van der Waals surface area contributed by atoms with Gasteiger partial charge < -0.3 is 14.6 Å². The number of aliphatic hydroxyl groups is 1. The predicted molar refractivity (Wildman–Crippen MR) is 82.7 cm³/mol. The maximum Gasteiger partial charge on any atom is 0.168 e. The number of rotatable bonds is 2. The summed E-state index contributed by atoms with van der Waals surface area (Å²) in [4.78, 5) is 5.53. The molecule has 1 aromatic rings. The van der Waals surface area contributed by atoms with Crippen LogP contribution in [0.15, 0.2) is 10.5 Å². The number of aromatic nitrogens is 1. The second kappa shape index (κ2) is 4.95. The molecule has 1 spiro atoms. The van der Waals surface area contributed by atoms with Gasteiger partial charge in [-0.1, -0.05) is 0 Å². The zero-order valence-electron chi connectivity index (χ0n) is 12.3. The van der Waals surface area contributed by atoms with Gasteiger partial charge in [-0.25, -0.2) is 4.98 Å². The Hall–Kier alpha value is -0.140. The van der Waals surface area contributed by atoms with Crippen molar-refractivity contribution in [2.75, 3.05) is 32.0 Å². The molecule has 1 aliphatic carbocycles. The van der Waals surface area contributed by atoms with Gasteiger partial charge in [0, 0.05) is 19.0 Å². The quantitative estimate of drug-likeness (QED) is 0.911. The molecule has 0 radical (unpaired) electrons. The number of hydrogen-bond acceptors (Lipinski definition) is 5. The molecule has 6 heteroatoms. The van der Waals surface area contributed by atoms with Crippen molar-refractivity contribution in [1.82, 2.24) is 4.98 Å². The van der Waals surface area contributed by atoms with E-state index < -0.39 is 21.4 Å². The summed E-state index contributed by atoms with van der Waals surface area (Å²) in [5.74, 6) is -0.422. The first-order chi connectivity index (χ1) is 9.33. The highest BCUT2D eigenvalue weighted by molar-refractivity contribution is 8.33. The molecule has 1 saturated carbocycles. The van der Waals surface area contributed by atoms with Gasteiger partial charge in [0.1, 0.15) is 9.94 Å². The molecule has 4 nitrogen and oxygen atoms in total. The van der Waals surface area contributed by atoms with E-state index in [9.17, 15) is 5.11 Å². The molecule has 2 aliphatic rings. The van der Waals surface area contributed by atoms with Crippen molar-refractivity contribution in [3.8, 4) is 0 Å². The van der Waals surface area contributed by atoms with Gasteiger partial charge in [-0.05, 0) is 31.6 Å². The molecule has 0 amide bonds. The molecule has 0 atom stereocenters. The third-order valence-electron chi connectivity index (χ3n) is 4.12. The van der Waals surface area contributed by atoms with Gasteiger partial charge in [-0.15, -0.1) is 11.3 Å². The second-order valence-electron chi connectivity index (χ2n) is 6.47. The van der Waals surface area contributed by atoms with Gasteiger partial charge in [0.25, 0.3) is 0 Å². The minimum atomic E-state index is -0.823. The zero-order chi connectivity index (χ0) is 14.4. The standard InChI is InChI=1S/C14H23NO3S2/c1-20(2,3)12-15-10-11(19-12)13(16)4-6-14(7-5-13)17-8-9-18-14/h10,16H,4-9H2,1-3H3. The van der Waals surface area contributed by atoms with Crippen molar-refractivity contribution in [2.45, 2.75) is 41.4 Å². The van der Waals surface area contributed by atoms with E-state index in [1.807, 2.05) is 6.20 Å². The third kappa shape index (κ3) is 2.64. The molecule has 2 heterocycles. The Morgan fingerprint density at radius 1 is 1.15 bits per heavy atom. The summed E-state index contributed by atoms with van der Waals surface area (Å²) in [5.41, 5.74) is -0.749. The summed E-state index contributed by atoms with van der Waals surface area (Å²) in [6.07, 6.45) is 11.5. The normalized spacial score (nSPS) is 26.0. The number of nitrogens with zero attached hydrogens (tertiary/aromatic N) is 1. The summed E-state index contributed by atoms with van der Waals surface area (Å²) in [7, 11) is -0.823. The fraction of sp³-hybridized carbons (Fsp3) is 0.786. The van der Waals surface area contributed by atoms with E-state index >= 15 is 0 Å². The lowest BCUT2D eigenvalue weighted by Gasteiger charge is -2.39. The first-order valence-corrected chi connectivity index (χ1v) is 10.7. The van der Waals surface area contributed by atoms with Crippen LogP contribution in [0.25, 0.3) is 0 Å². The van der Waals surface area contributed by atoms with Crippen molar-refractivity contribution in [3.63, 3.8) is 0 Å². The molecule has 1 saturated heterocycles. The van der Waals surface area contributed by atoms with E-state index in [1.54, 1.807) is 11.3 Å². The van der Waals surface area contributed by atoms with Crippen LogP contribution < -0.4 is 0 Å². The predicted octanol–water partition coefficient (Wildman–Crippen LogP) is 2.70. The first-order valence-electron chi connectivity index (χ1n) is 6.98. The van der Waals surface area contributed by atoms with Gasteiger partial charge in [0.15, 0.2) is 5.79 Å². The van der Waals surface area contributed by atoms with E-state index in [1.165, 1.54) is 0 Å². The molecule has 1 aliphatic heterocycles. The van der Waals surface area contributed by atoms with Gasteiger partial charge in [0.05, 0.1) is 18.1 Å². The first kappa shape index (κ1) is 14.8. The monoisotopic (exact) mass is 317 g/mol. The lowest BCUT2D eigenvalue weighted by atomic mass is 9.80. The number of thiazole rings is 1. The Kier molecular flexibility index (Phi) is 3.66. The van der Waals surface area contributed by atoms with Crippen LogP contribution in [-0.4, -0.2) is 47.9 Å². The van der Waals surface area contributed by atoms with Crippen molar-refractivity contribution in [3.05, 3.63) is 11.1 Å². The SMILES string of the molecule is CS(C)(C)c1ncc(C2(O)CCC3(CC2)OCCO3)s1. The van der Waals surface area contributed by atoms with Crippen LogP contribution >= 0.6 is 21.4 Å². The molecule has 0 bridgehead atoms. The molecule has 3 rings (SSSR count). The third-order valence-corrected chi connectivity index (χ3v) is 8.01. The Morgan fingerprint density at radius 2 is 1.75 bits per heavy atom. The minimum absolute atomic E-state index is 0.422. The summed E-state index contributed by atoms with van der Waals surface area (Å²) in [5, 5.41) is 10.9. The maximum atomic E-state index is 10.9. The summed E-state index contributed by atoms with van der Waals surface area (Å²) in [6.45, 7) is 1.35. The highest BCUT2D eigenvalue weighted by Gasteiger charge is 2.47. The Balaban J connectivity index is 1.75. The molecule has 20 heavy (non-hydrogen) atoms. The molecule has 114 valence electrons. The Labute approximate surface area is 125 Å². The minimum Gasteiger partial charge on any atom is -0.384 e. The van der Waals surface area contributed by atoms with Crippen LogP contribution in [0, 0.1) is 0 Å². The van der Waals surface area contributed by atoms with Crippen molar-refractivity contribution < 1.29 is 14.6 Å². The fourth-order valence-corrected chi connectivity index (χ4v) is 5.26. The van der Waals surface area contributed by atoms with E-state index in [4.69, 9.17) is 9.47 Å². The summed E-state index contributed by atoms with van der Waals surface area (Å²) in [6, 6.07) is 0. The Bertz CT molecular complexity index is 479.